The Balaban J connectivity index is 2.57. The van der Waals surface area contributed by atoms with E-state index in [0.717, 1.165) is 6.08 Å². The molecule has 140 valence electrons. The predicted octanol–water partition coefficient (Wildman–Crippen LogP) is 2.58. The van der Waals surface area contributed by atoms with Crippen LogP contribution < -0.4 is 14.2 Å². The highest BCUT2D eigenvalue weighted by atomic mass is 32.2. The van der Waals surface area contributed by atoms with Crippen molar-refractivity contribution >= 4 is 27.8 Å². The van der Waals surface area contributed by atoms with Gasteiger partial charge in [0.2, 0.25) is 0 Å². The van der Waals surface area contributed by atoms with Crippen LogP contribution in [0.1, 0.15) is 11.1 Å². The summed E-state index contributed by atoms with van der Waals surface area (Å²) in [5.41, 5.74) is 1.10. The van der Waals surface area contributed by atoms with E-state index in [0.29, 0.717) is 11.1 Å². The van der Waals surface area contributed by atoms with Crippen molar-refractivity contribution in [2.45, 2.75) is 4.90 Å². The zero-order chi connectivity index (χ0) is 20.0. The first-order valence-electron chi connectivity index (χ1n) is 7.57. The minimum absolute atomic E-state index is 0.00872. The molecule has 0 spiro atoms. The average Bonchev–Trinajstić information content (AvgIpc) is 2.65. The molecule has 0 unspecified atom stereocenters. The fourth-order valence-electron chi connectivity index (χ4n) is 2.30. The average molecular weight is 387 g/mol. The molecule has 0 atom stereocenters. The van der Waals surface area contributed by atoms with E-state index in [-0.39, 0.29) is 22.1 Å². The van der Waals surface area contributed by atoms with E-state index in [1.165, 1.54) is 38.5 Å². The molecule has 0 bridgehead atoms. The van der Waals surface area contributed by atoms with E-state index in [2.05, 4.69) is 10.6 Å². The van der Waals surface area contributed by atoms with Crippen LogP contribution >= 0.6 is 0 Å². The van der Waals surface area contributed by atoms with E-state index < -0.39 is 16.0 Å². The van der Waals surface area contributed by atoms with Crippen molar-refractivity contribution in [3.8, 4) is 23.8 Å². The highest BCUT2D eigenvalue weighted by Crippen LogP contribution is 2.36. The van der Waals surface area contributed by atoms with Gasteiger partial charge < -0.3 is 14.6 Å². The summed E-state index contributed by atoms with van der Waals surface area (Å²) >= 11 is 0. The summed E-state index contributed by atoms with van der Waals surface area (Å²) in [4.78, 5) is 10.5. The molecule has 0 saturated heterocycles. The molecule has 0 aliphatic rings. The number of ether oxygens (including phenoxy) is 2. The molecular weight excluding hydrogens is 370 g/mol. The molecule has 0 amide bonds. The molecule has 0 heterocycles. The van der Waals surface area contributed by atoms with Gasteiger partial charge in [-0.15, -0.1) is 6.42 Å². The number of anilines is 1. The van der Waals surface area contributed by atoms with Gasteiger partial charge in [-0.2, -0.15) is 0 Å². The van der Waals surface area contributed by atoms with Crippen LogP contribution in [-0.4, -0.2) is 33.7 Å². The molecule has 0 saturated carbocycles. The monoisotopic (exact) mass is 387 g/mol. The van der Waals surface area contributed by atoms with Gasteiger partial charge in [-0.3, -0.25) is 4.72 Å². The van der Waals surface area contributed by atoms with Crippen LogP contribution in [0.25, 0.3) is 6.08 Å². The first-order valence-corrected chi connectivity index (χ1v) is 9.05. The van der Waals surface area contributed by atoms with Crippen LogP contribution in [0.4, 0.5) is 5.69 Å². The summed E-state index contributed by atoms with van der Waals surface area (Å²) in [6.45, 7) is 0. The highest BCUT2D eigenvalue weighted by molar-refractivity contribution is 7.92. The molecule has 0 aliphatic carbocycles. The SMILES string of the molecule is C#Cc1cccc(NS(=O)(=O)c2cc(C=CC(=O)O)cc(OC)c2OC)c1. The Bertz CT molecular complexity index is 1030. The van der Waals surface area contributed by atoms with E-state index in [1.54, 1.807) is 18.2 Å². The number of methoxy groups -OCH3 is 2. The molecule has 2 aromatic rings. The van der Waals surface area contributed by atoms with Gasteiger partial charge in [-0.25, -0.2) is 13.2 Å². The second-order valence-corrected chi connectivity index (χ2v) is 6.91. The lowest BCUT2D eigenvalue weighted by molar-refractivity contribution is -0.131. The number of terminal acetylenes is 1. The summed E-state index contributed by atoms with van der Waals surface area (Å²) in [5.74, 6) is 1.39. The zero-order valence-corrected chi connectivity index (χ0v) is 15.4. The molecule has 0 fully saturated rings. The summed E-state index contributed by atoms with van der Waals surface area (Å²) in [6.07, 6.45) is 7.48. The summed E-state index contributed by atoms with van der Waals surface area (Å²) in [5, 5.41) is 8.79. The molecule has 8 heteroatoms. The number of carboxylic acid groups (broad SMARTS) is 1. The van der Waals surface area contributed by atoms with Gasteiger partial charge in [0.15, 0.2) is 11.5 Å². The molecule has 0 radical (unpaired) electrons. The molecule has 2 rings (SSSR count). The van der Waals surface area contributed by atoms with Crippen molar-refractivity contribution in [2.24, 2.45) is 0 Å². The predicted molar refractivity (Wildman–Crippen MR) is 101 cm³/mol. The molecule has 2 N–H and O–H groups in total. The molecule has 7 nitrogen and oxygen atoms in total. The van der Waals surface area contributed by atoms with Gasteiger partial charge in [0, 0.05) is 11.6 Å². The maximum Gasteiger partial charge on any atom is 0.328 e. The van der Waals surface area contributed by atoms with E-state index in [1.807, 2.05) is 0 Å². The Morgan fingerprint density at radius 1 is 1.22 bits per heavy atom. The second-order valence-electron chi connectivity index (χ2n) is 5.26. The lowest BCUT2D eigenvalue weighted by Gasteiger charge is -2.15. The standard InChI is InChI=1S/C19H17NO6S/c1-4-13-6-5-7-15(10-13)20-27(23,24)17-12-14(8-9-18(21)22)11-16(25-2)19(17)26-3/h1,5-12,20H,2-3H3,(H,21,22). The normalized spacial score (nSPS) is 11.0. The van der Waals surface area contributed by atoms with Gasteiger partial charge in [0.05, 0.1) is 19.9 Å². The largest absolute Gasteiger partial charge is 0.493 e. The third-order valence-corrected chi connectivity index (χ3v) is 4.84. The number of carboxylic acids is 1. The maximum absolute atomic E-state index is 12.9. The van der Waals surface area contributed by atoms with Gasteiger partial charge in [0.1, 0.15) is 4.90 Å². The summed E-state index contributed by atoms with van der Waals surface area (Å²) in [6, 6.07) is 9.10. The molecule has 0 aromatic heterocycles. The number of hydrogen-bond acceptors (Lipinski definition) is 5. The minimum Gasteiger partial charge on any atom is -0.493 e. The fourth-order valence-corrected chi connectivity index (χ4v) is 3.56. The van der Waals surface area contributed by atoms with Gasteiger partial charge in [0.25, 0.3) is 10.0 Å². The Hall–Kier alpha value is -3.44. The van der Waals surface area contributed by atoms with Crippen molar-refractivity contribution < 1.29 is 27.8 Å². The van der Waals surface area contributed by atoms with Crippen molar-refractivity contribution in [1.82, 2.24) is 0 Å². The number of rotatable bonds is 7. The van der Waals surface area contributed by atoms with Crippen molar-refractivity contribution in [3.05, 3.63) is 53.6 Å². The first kappa shape index (κ1) is 19.9. The van der Waals surface area contributed by atoms with Crippen LogP contribution in [0.2, 0.25) is 0 Å². The first-order chi connectivity index (χ1) is 12.8. The van der Waals surface area contributed by atoms with Gasteiger partial charge in [-0.05, 0) is 42.0 Å². The lowest BCUT2D eigenvalue weighted by Crippen LogP contribution is -2.15. The molecule has 2 aromatic carbocycles. The molecule has 27 heavy (non-hydrogen) atoms. The topological polar surface area (TPSA) is 102 Å². The lowest BCUT2D eigenvalue weighted by atomic mass is 10.2. The number of carbonyl (C=O) groups is 1. The van der Waals surface area contributed by atoms with Crippen LogP contribution in [0, 0.1) is 12.3 Å². The third kappa shape index (κ3) is 4.80. The van der Waals surface area contributed by atoms with Crippen LogP contribution in [0.5, 0.6) is 11.5 Å². The molecular formula is C19H17NO6S. The van der Waals surface area contributed by atoms with Gasteiger partial charge in [-0.1, -0.05) is 12.0 Å². The Morgan fingerprint density at radius 2 is 1.96 bits per heavy atom. The number of aliphatic carboxylic acids is 1. The van der Waals surface area contributed by atoms with Crippen molar-refractivity contribution in [1.29, 1.82) is 0 Å². The third-order valence-electron chi connectivity index (χ3n) is 3.46. The Labute approximate surface area is 157 Å². The van der Waals surface area contributed by atoms with Crippen LogP contribution in [-0.2, 0) is 14.8 Å². The fraction of sp³-hybridized carbons (Fsp3) is 0.105. The van der Waals surface area contributed by atoms with E-state index in [4.69, 9.17) is 21.0 Å². The number of hydrogen-bond donors (Lipinski definition) is 2. The van der Waals surface area contributed by atoms with Crippen LogP contribution in [0.15, 0.2) is 47.4 Å². The second kappa shape index (κ2) is 8.29. The van der Waals surface area contributed by atoms with E-state index in [9.17, 15) is 13.2 Å². The van der Waals surface area contributed by atoms with Crippen molar-refractivity contribution in [3.63, 3.8) is 0 Å². The summed E-state index contributed by atoms with van der Waals surface area (Å²) < 4.78 is 38.6. The summed E-state index contributed by atoms with van der Waals surface area (Å²) in [7, 11) is -1.42. The zero-order valence-electron chi connectivity index (χ0n) is 14.6. The van der Waals surface area contributed by atoms with Crippen molar-refractivity contribution in [2.75, 3.05) is 18.9 Å². The van der Waals surface area contributed by atoms with Crippen LogP contribution in [0.3, 0.4) is 0 Å². The van der Waals surface area contributed by atoms with E-state index >= 15 is 0 Å². The molecule has 0 aliphatic heterocycles. The maximum atomic E-state index is 12.9. The highest BCUT2D eigenvalue weighted by Gasteiger charge is 2.24. The Morgan fingerprint density at radius 3 is 2.56 bits per heavy atom. The number of sulfonamides is 1. The van der Waals surface area contributed by atoms with Gasteiger partial charge >= 0.3 is 5.97 Å². The smallest absolute Gasteiger partial charge is 0.328 e. The minimum atomic E-state index is -4.08. The number of nitrogens with one attached hydrogen (secondary N) is 1. The number of benzene rings is 2. The quantitative estimate of drug-likeness (QED) is 0.559. The Kier molecular flexibility index (Phi) is 6.11.